The maximum Gasteiger partial charge on any atom is 0.253 e. The number of amides is 1. The first-order chi connectivity index (χ1) is 9.47. The number of nitrogens with zero attached hydrogens (tertiary/aromatic N) is 1. The highest BCUT2D eigenvalue weighted by atomic mass is 35.5. The molecule has 0 aliphatic rings. The molecule has 1 amide bonds. The smallest absolute Gasteiger partial charge is 0.253 e. The molecule has 20 heavy (non-hydrogen) atoms. The largest absolute Gasteiger partial charge is 0.399 e. The molecule has 0 atom stereocenters. The van der Waals surface area contributed by atoms with Crippen LogP contribution in [-0.4, -0.2) is 17.9 Å². The van der Waals surface area contributed by atoms with Gasteiger partial charge in [0.05, 0.1) is 0 Å². The van der Waals surface area contributed by atoms with Gasteiger partial charge in [0, 0.05) is 29.9 Å². The van der Waals surface area contributed by atoms with E-state index in [9.17, 15) is 4.79 Å². The lowest BCUT2D eigenvalue weighted by Gasteiger charge is -2.18. The van der Waals surface area contributed by atoms with Crippen molar-refractivity contribution in [2.45, 2.75) is 13.5 Å². The van der Waals surface area contributed by atoms with Gasteiger partial charge in [-0.2, -0.15) is 0 Å². The SMILES string of the molecule is Cc1ccc(C(=O)N(C)Cc2ccc(N)cc2)cc1Cl. The van der Waals surface area contributed by atoms with Crippen LogP contribution in [0.5, 0.6) is 0 Å². The second kappa shape index (κ2) is 5.97. The van der Waals surface area contributed by atoms with Gasteiger partial charge in [-0.25, -0.2) is 0 Å². The number of hydrogen-bond donors (Lipinski definition) is 1. The lowest BCUT2D eigenvalue weighted by Crippen LogP contribution is -2.26. The summed E-state index contributed by atoms with van der Waals surface area (Å²) in [5.74, 6) is -0.0521. The molecule has 0 radical (unpaired) electrons. The van der Waals surface area contributed by atoms with E-state index in [1.165, 1.54) is 0 Å². The lowest BCUT2D eigenvalue weighted by atomic mass is 10.1. The van der Waals surface area contributed by atoms with E-state index in [1.54, 1.807) is 24.1 Å². The van der Waals surface area contributed by atoms with Gasteiger partial charge in [0.2, 0.25) is 0 Å². The lowest BCUT2D eigenvalue weighted by molar-refractivity contribution is 0.0785. The molecule has 2 rings (SSSR count). The van der Waals surface area contributed by atoms with E-state index < -0.39 is 0 Å². The molecule has 0 saturated carbocycles. The van der Waals surface area contributed by atoms with Crippen molar-refractivity contribution in [1.82, 2.24) is 4.90 Å². The number of aryl methyl sites for hydroxylation is 1. The summed E-state index contributed by atoms with van der Waals surface area (Å²) in [7, 11) is 1.77. The third-order valence-electron chi connectivity index (χ3n) is 3.16. The minimum Gasteiger partial charge on any atom is -0.399 e. The van der Waals surface area contributed by atoms with Crippen molar-refractivity contribution in [3.05, 3.63) is 64.2 Å². The number of benzene rings is 2. The second-order valence-corrected chi connectivity index (χ2v) is 5.27. The Bertz CT molecular complexity index is 623. The first kappa shape index (κ1) is 14.4. The molecular weight excluding hydrogens is 272 g/mol. The van der Waals surface area contributed by atoms with Crippen LogP contribution in [0, 0.1) is 6.92 Å². The van der Waals surface area contributed by atoms with Crippen LogP contribution in [0.4, 0.5) is 5.69 Å². The Morgan fingerprint density at radius 3 is 2.45 bits per heavy atom. The van der Waals surface area contributed by atoms with E-state index in [2.05, 4.69) is 0 Å². The zero-order chi connectivity index (χ0) is 14.7. The van der Waals surface area contributed by atoms with Gasteiger partial charge >= 0.3 is 0 Å². The van der Waals surface area contributed by atoms with E-state index in [0.717, 1.165) is 11.1 Å². The molecular formula is C16H17ClN2O. The van der Waals surface area contributed by atoms with E-state index >= 15 is 0 Å². The van der Waals surface area contributed by atoms with Gasteiger partial charge in [-0.05, 0) is 42.3 Å². The number of halogens is 1. The molecule has 104 valence electrons. The van der Waals surface area contributed by atoms with Gasteiger partial charge in [0.25, 0.3) is 5.91 Å². The number of anilines is 1. The van der Waals surface area contributed by atoms with Crippen molar-refractivity contribution in [1.29, 1.82) is 0 Å². The third-order valence-corrected chi connectivity index (χ3v) is 3.57. The topological polar surface area (TPSA) is 46.3 Å². The van der Waals surface area contributed by atoms with Crippen molar-refractivity contribution in [2.24, 2.45) is 0 Å². The molecule has 2 aromatic rings. The Hall–Kier alpha value is -2.00. The van der Waals surface area contributed by atoms with E-state index in [-0.39, 0.29) is 5.91 Å². The van der Waals surface area contributed by atoms with Gasteiger partial charge in [-0.15, -0.1) is 0 Å². The van der Waals surface area contributed by atoms with Gasteiger partial charge < -0.3 is 10.6 Å². The maximum atomic E-state index is 12.3. The highest BCUT2D eigenvalue weighted by Crippen LogP contribution is 2.18. The fraction of sp³-hybridized carbons (Fsp3) is 0.188. The zero-order valence-corrected chi connectivity index (χ0v) is 12.3. The minimum atomic E-state index is -0.0521. The van der Waals surface area contributed by atoms with Gasteiger partial charge in [0.1, 0.15) is 0 Å². The summed E-state index contributed by atoms with van der Waals surface area (Å²) in [5.41, 5.74) is 8.95. The number of carbonyl (C=O) groups excluding carboxylic acids is 1. The van der Waals surface area contributed by atoms with Crippen LogP contribution in [0.3, 0.4) is 0 Å². The predicted octanol–water partition coefficient (Wildman–Crippen LogP) is 3.50. The average molecular weight is 289 g/mol. The Balaban J connectivity index is 2.11. The molecule has 0 spiro atoms. The summed E-state index contributed by atoms with van der Waals surface area (Å²) in [5, 5.41) is 0.608. The van der Waals surface area contributed by atoms with Gasteiger partial charge in [-0.3, -0.25) is 4.79 Å². The molecule has 0 aliphatic heterocycles. The highest BCUT2D eigenvalue weighted by Gasteiger charge is 2.13. The Morgan fingerprint density at radius 2 is 1.85 bits per heavy atom. The van der Waals surface area contributed by atoms with Crippen LogP contribution < -0.4 is 5.73 Å². The zero-order valence-electron chi connectivity index (χ0n) is 11.6. The molecule has 2 N–H and O–H groups in total. The van der Waals surface area contributed by atoms with Crippen LogP contribution in [-0.2, 0) is 6.54 Å². The average Bonchev–Trinajstić information content (AvgIpc) is 2.43. The fourth-order valence-electron chi connectivity index (χ4n) is 1.91. The summed E-state index contributed by atoms with van der Waals surface area (Å²) in [6.45, 7) is 2.44. The molecule has 0 aliphatic carbocycles. The van der Waals surface area contributed by atoms with Crippen molar-refractivity contribution in [3.63, 3.8) is 0 Å². The quantitative estimate of drug-likeness (QED) is 0.879. The van der Waals surface area contributed by atoms with Crippen LogP contribution in [0.1, 0.15) is 21.5 Å². The first-order valence-electron chi connectivity index (χ1n) is 6.33. The van der Waals surface area contributed by atoms with Gasteiger partial charge in [-0.1, -0.05) is 29.8 Å². The number of rotatable bonds is 3. The number of nitrogens with two attached hydrogens (primary N) is 1. The molecule has 3 nitrogen and oxygen atoms in total. The summed E-state index contributed by atoms with van der Waals surface area (Å²) < 4.78 is 0. The van der Waals surface area contributed by atoms with E-state index in [1.807, 2.05) is 37.3 Å². The Labute approximate surface area is 124 Å². The van der Waals surface area contributed by atoms with Crippen LogP contribution in [0.25, 0.3) is 0 Å². The normalized spacial score (nSPS) is 10.3. The molecule has 0 fully saturated rings. The number of nitrogen functional groups attached to an aromatic ring is 1. The third kappa shape index (κ3) is 3.31. The molecule has 0 unspecified atom stereocenters. The summed E-state index contributed by atoms with van der Waals surface area (Å²) in [4.78, 5) is 14.0. The monoisotopic (exact) mass is 288 g/mol. The van der Waals surface area contributed by atoms with Crippen LogP contribution >= 0.6 is 11.6 Å². The minimum absolute atomic E-state index is 0.0521. The summed E-state index contributed by atoms with van der Waals surface area (Å²) >= 11 is 6.06. The maximum absolute atomic E-state index is 12.3. The fourth-order valence-corrected chi connectivity index (χ4v) is 2.10. The molecule has 2 aromatic carbocycles. The van der Waals surface area contributed by atoms with Crippen molar-refractivity contribution >= 4 is 23.2 Å². The van der Waals surface area contributed by atoms with E-state index in [0.29, 0.717) is 22.8 Å². The highest BCUT2D eigenvalue weighted by molar-refractivity contribution is 6.31. The molecule has 0 heterocycles. The van der Waals surface area contributed by atoms with Crippen molar-refractivity contribution in [2.75, 3.05) is 12.8 Å². The van der Waals surface area contributed by atoms with Crippen LogP contribution in [0.15, 0.2) is 42.5 Å². The molecule has 0 aromatic heterocycles. The standard InChI is InChI=1S/C16H17ClN2O/c1-11-3-6-13(9-15(11)17)16(20)19(2)10-12-4-7-14(18)8-5-12/h3-9H,10,18H2,1-2H3. The Kier molecular flexibility index (Phi) is 4.30. The number of carbonyl (C=O) groups is 1. The molecule has 0 bridgehead atoms. The molecule has 0 saturated heterocycles. The van der Waals surface area contributed by atoms with Crippen molar-refractivity contribution in [3.8, 4) is 0 Å². The summed E-state index contributed by atoms with van der Waals surface area (Å²) in [6, 6.07) is 12.9. The van der Waals surface area contributed by atoms with E-state index in [4.69, 9.17) is 17.3 Å². The Morgan fingerprint density at radius 1 is 1.20 bits per heavy atom. The van der Waals surface area contributed by atoms with Gasteiger partial charge in [0.15, 0.2) is 0 Å². The van der Waals surface area contributed by atoms with Crippen molar-refractivity contribution < 1.29 is 4.79 Å². The number of hydrogen-bond acceptors (Lipinski definition) is 2. The second-order valence-electron chi connectivity index (χ2n) is 4.87. The van der Waals surface area contributed by atoms with Crippen LogP contribution in [0.2, 0.25) is 5.02 Å². The molecule has 4 heteroatoms. The predicted molar refractivity (Wildman–Crippen MR) is 82.8 cm³/mol. The summed E-state index contributed by atoms with van der Waals surface area (Å²) in [6.07, 6.45) is 0. The first-order valence-corrected chi connectivity index (χ1v) is 6.71.